The molecule has 6 nitrogen and oxygen atoms in total. The first-order valence-electron chi connectivity index (χ1n) is 9.18. The second-order valence-electron chi connectivity index (χ2n) is 6.69. The smallest absolute Gasteiger partial charge is 0.356 e. The van der Waals surface area contributed by atoms with Gasteiger partial charge in [-0.3, -0.25) is 9.59 Å². The van der Waals surface area contributed by atoms with Gasteiger partial charge in [-0.25, -0.2) is 4.98 Å². The third kappa shape index (κ3) is 6.54. The Bertz CT molecular complexity index is 692. The third-order valence-corrected chi connectivity index (χ3v) is 4.80. The molecule has 0 atom stereocenters. The second kappa shape index (κ2) is 9.95. The summed E-state index contributed by atoms with van der Waals surface area (Å²) < 4.78 is 38.1. The largest absolute Gasteiger partial charge is 0.417 e. The minimum absolute atomic E-state index is 0.0474. The van der Waals surface area contributed by atoms with Crippen LogP contribution >= 0.6 is 11.6 Å². The lowest BCUT2D eigenvalue weighted by atomic mass is 10.1. The third-order valence-electron chi connectivity index (χ3n) is 4.52. The van der Waals surface area contributed by atoms with Crippen molar-refractivity contribution in [2.45, 2.75) is 38.8 Å². The maximum absolute atomic E-state index is 12.7. The van der Waals surface area contributed by atoms with Crippen molar-refractivity contribution in [2.24, 2.45) is 0 Å². The van der Waals surface area contributed by atoms with E-state index in [1.165, 1.54) is 6.92 Å². The molecule has 1 saturated heterocycles. The number of piperazine rings is 1. The molecule has 1 aromatic heterocycles. The number of halogens is 4. The van der Waals surface area contributed by atoms with Crippen molar-refractivity contribution in [3.05, 3.63) is 22.8 Å². The van der Waals surface area contributed by atoms with Crippen LogP contribution in [-0.4, -0.2) is 54.4 Å². The fourth-order valence-corrected chi connectivity index (χ4v) is 3.27. The minimum Gasteiger partial charge on any atom is -0.356 e. The molecule has 0 saturated carbocycles. The van der Waals surface area contributed by atoms with E-state index in [0.717, 1.165) is 31.5 Å². The van der Waals surface area contributed by atoms with Crippen LogP contribution in [0.4, 0.5) is 19.0 Å². The molecule has 0 radical (unpaired) electrons. The minimum atomic E-state index is -4.48. The van der Waals surface area contributed by atoms with E-state index in [9.17, 15) is 22.8 Å². The molecule has 156 valence electrons. The summed E-state index contributed by atoms with van der Waals surface area (Å²) in [4.78, 5) is 30.5. The number of alkyl halides is 3. The fourth-order valence-electron chi connectivity index (χ4n) is 2.99. The lowest BCUT2D eigenvalue weighted by Crippen LogP contribution is -2.49. The molecule has 2 heterocycles. The Morgan fingerprint density at radius 2 is 1.86 bits per heavy atom. The number of aromatic nitrogens is 1. The van der Waals surface area contributed by atoms with Gasteiger partial charge in [-0.15, -0.1) is 0 Å². The predicted octanol–water partition coefficient (Wildman–Crippen LogP) is 3.10. The Kier molecular flexibility index (Phi) is 7.91. The zero-order valence-corrected chi connectivity index (χ0v) is 16.4. The average molecular weight is 421 g/mol. The van der Waals surface area contributed by atoms with Crippen molar-refractivity contribution in [1.82, 2.24) is 15.2 Å². The molecule has 28 heavy (non-hydrogen) atoms. The van der Waals surface area contributed by atoms with E-state index in [2.05, 4.69) is 10.3 Å². The second-order valence-corrected chi connectivity index (χ2v) is 7.10. The Labute approximate surface area is 167 Å². The van der Waals surface area contributed by atoms with Gasteiger partial charge in [0.2, 0.25) is 11.8 Å². The first kappa shape index (κ1) is 22.3. The maximum atomic E-state index is 12.7. The summed E-state index contributed by atoms with van der Waals surface area (Å²) >= 11 is 5.99. The van der Waals surface area contributed by atoms with E-state index in [-0.39, 0.29) is 16.8 Å². The van der Waals surface area contributed by atoms with E-state index in [1.54, 1.807) is 9.80 Å². The zero-order chi connectivity index (χ0) is 20.7. The lowest BCUT2D eigenvalue weighted by molar-refractivity contribution is -0.138. The van der Waals surface area contributed by atoms with Crippen molar-refractivity contribution in [3.63, 3.8) is 0 Å². The van der Waals surface area contributed by atoms with Crippen LogP contribution in [-0.2, 0) is 15.8 Å². The van der Waals surface area contributed by atoms with Crippen LogP contribution in [0.25, 0.3) is 0 Å². The summed E-state index contributed by atoms with van der Waals surface area (Å²) in [6.07, 6.45) is -0.817. The van der Waals surface area contributed by atoms with Gasteiger partial charge in [-0.1, -0.05) is 18.0 Å². The highest BCUT2D eigenvalue weighted by Crippen LogP contribution is 2.33. The highest BCUT2D eigenvalue weighted by molar-refractivity contribution is 6.33. The number of carbonyl (C=O) groups is 2. The summed E-state index contributed by atoms with van der Waals surface area (Å²) in [5.41, 5.74) is -0.881. The van der Waals surface area contributed by atoms with Crippen molar-refractivity contribution >= 4 is 29.2 Å². The molecule has 1 aliphatic rings. The summed E-state index contributed by atoms with van der Waals surface area (Å²) in [6, 6.07) is 0.877. The van der Waals surface area contributed by atoms with E-state index in [0.29, 0.717) is 45.0 Å². The molecule has 1 aromatic rings. The molecule has 10 heteroatoms. The number of nitrogens with one attached hydrogen (secondary N) is 1. The standard InChI is InChI=1S/C18H24ClF3N4O2/c1-13(27)23-6-4-2-3-5-16(28)25-7-9-26(10-8-25)17-15(19)11-14(12-24-17)18(20,21)22/h11-12H,2-10H2,1H3,(H,23,27). The number of pyridine rings is 1. The molecule has 1 fully saturated rings. The summed E-state index contributed by atoms with van der Waals surface area (Å²) in [5.74, 6) is 0.307. The highest BCUT2D eigenvalue weighted by atomic mass is 35.5. The number of amides is 2. The number of anilines is 1. The summed E-state index contributed by atoms with van der Waals surface area (Å²) in [6.45, 7) is 3.96. The number of unbranched alkanes of at least 4 members (excludes halogenated alkanes) is 2. The van der Waals surface area contributed by atoms with Crippen LogP contribution in [0.2, 0.25) is 5.02 Å². The molecule has 2 amide bonds. The fraction of sp³-hybridized carbons (Fsp3) is 0.611. The van der Waals surface area contributed by atoms with Gasteiger partial charge >= 0.3 is 6.18 Å². The SMILES string of the molecule is CC(=O)NCCCCCC(=O)N1CCN(c2ncc(C(F)(F)F)cc2Cl)CC1. The number of hydrogen-bond donors (Lipinski definition) is 1. The molecular weight excluding hydrogens is 397 g/mol. The van der Waals surface area contributed by atoms with Crippen molar-refractivity contribution in [1.29, 1.82) is 0 Å². The van der Waals surface area contributed by atoms with Crippen LogP contribution in [0.1, 0.15) is 38.2 Å². The van der Waals surface area contributed by atoms with E-state index < -0.39 is 11.7 Å². The molecule has 0 spiro atoms. The molecule has 2 rings (SSSR count). The van der Waals surface area contributed by atoms with Crippen molar-refractivity contribution in [2.75, 3.05) is 37.6 Å². The Morgan fingerprint density at radius 1 is 1.18 bits per heavy atom. The zero-order valence-electron chi connectivity index (χ0n) is 15.7. The predicted molar refractivity (Wildman–Crippen MR) is 100 cm³/mol. The number of carbonyl (C=O) groups excluding carboxylic acids is 2. The lowest BCUT2D eigenvalue weighted by Gasteiger charge is -2.36. The van der Waals surface area contributed by atoms with Crippen LogP contribution in [0.5, 0.6) is 0 Å². The first-order valence-corrected chi connectivity index (χ1v) is 9.56. The molecule has 0 aromatic carbocycles. The Hall–Kier alpha value is -2.03. The van der Waals surface area contributed by atoms with Crippen molar-refractivity contribution < 1.29 is 22.8 Å². The molecule has 0 bridgehead atoms. The van der Waals surface area contributed by atoms with Crippen LogP contribution < -0.4 is 10.2 Å². The van der Waals surface area contributed by atoms with Gasteiger partial charge in [-0.05, 0) is 18.9 Å². The van der Waals surface area contributed by atoms with E-state index in [4.69, 9.17) is 11.6 Å². The van der Waals surface area contributed by atoms with Gasteiger partial charge in [0, 0.05) is 52.3 Å². The molecular formula is C18H24ClF3N4O2. The Balaban J connectivity index is 1.76. The highest BCUT2D eigenvalue weighted by Gasteiger charge is 2.32. The van der Waals surface area contributed by atoms with Gasteiger partial charge in [0.25, 0.3) is 0 Å². The molecule has 0 aliphatic carbocycles. The number of hydrogen-bond acceptors (Lipinski definition) is 4. The number of nitrogens with zero attached hydrogens (tertiary/aromatic N) is 3. The van der Waals surface area contributed by atoms with Gasteiger partial charge in [0.05, 0.1) is 10.6 Å². The topological polar surface area (TPSA) is 65.5 Å². The molecule has 1 N–H and O–H groups in total. The van der Waals surface area contributed by atoms with Crippen molar-refractivity contribution in [3.8, 4) is 0 Å². The van der Waals surface area contributed by atoms with Gasteiger partial charge in [0.15, 0.2) is 0 Å². The Morgan fingerprint density at radius 3 is 2.43 bits per heavy atom. The molecule has 0 unspecified atom stereocenters. The molecule has 1 aliphatic heterocycles. The van der Waals surface area contributed by atoms with E-state index >= 15 is 0 Å². The van der Waals surface area contributed by atoms with Crippen LogP contribution in [0, 0.1) is 0 Å². The van der Waals surface area contributed by atoms with Crippen LogP contribution in [0.3, 0.4) is 0 Å². The van der Waals surface area contributed by atoms with E-state index in [1.807, 2.05) is 0 Å². The number of rotatable bonds is 7. The first-order chi connectivity index (χ1) is 13.2. The quantitative estimate of drug-likeness (QED) is 0.688. The summed E-state index contributed by atoms with van der Waals surface area (Å²) in [5, 5.41) is 2.67. The van der Waals surface area contributed by atoms with Gasteiger partial charge in [-0.2, -0.15) is 13.2 Å². The van der Waals surface area contributed by atoms with Crippen LogP contribution in [0.15, 0.2) is 12.3 Å². The monoisotopic (exact) mass is 420 g/mol. The van der Waals surface area contributed by atoms with Gasteiger partial charge < -0.3 is 15.1 Å². The summed E-state index contributed by atoms with van der Waals surface area (Å²) in [7, 11) is 0. The average Bonchev–Trinajstić information content (AvgIpc) is 2.63. The normalized spacial score (nSPS) is 14.9. The van der Waals surface area contributed by atoms with Gasteiger partial charge in [0.1, 0.15) is 5.82 Å². The maximum Gasteiger partial charge on any atom is 0.417 e.